The highest BCUT2D eigenvalue weighted by atomic mass is 79.9. The molecule has 1 aliphatic rings. The molecule has 2 rings (SSSR count). The lowest BCUT2D eigenvalue weighted by Crippen LogP contribution is -2.34. The van der Waals surface area contributed by atoms with Gasteiger partial charge in [0, 0.05) is 11.0 Å². The molecular weight excluding hydrogens is 295 g/mol. The van der Waals surface area contributed by atoms with Gasteiger partial charge in [-0.05, 0) is 68.6 Å². The van der Waals surface area contributed by atoms with E-state index in [-0.39, 0.29) is 5.82 Å². The van der Waals surface area contributed by atoms with Crippen molar-refractivity contribution >= 4 is 15.9 Å². The van der Waals surface area contributed by atoms with Gasteiger partial charge < -0.3 is 5.73 Å². The SMILES string of the molecule is NCCC1CCN(Cc2cc(F)ccc2Br)CC1. The molecule has 2 nitrogen and oxygen atoms in total. The Labute approximate surface area is 116 Å². The fraction of sp³-hybridized carbons (Fsp3) is 0.571. The third kappa shape index (κ3) is 3.77. The van der Waals surface area contributed by atoms with Crippen LogP contribution < -0.4 is 5.73 Å². The van der Waals surface area contributed by atoms with Crippen LogP contribution in [0.5, 0.6) is 0 Å². The molecule has 0 bridgehead atoms. The van der Waals surface area contributed by atoms with Crippen LogP contribution in [0.15, 0.2) is 22.7 Å². The fourth-order valence-electron chi connectivity index (χ4n) is 2.57. The molecule has 18 heavy (non-hydrogen) atoms. The molecule has 0 atom stereocenters. The molecule has 0 saturated carbocycles. The third-order valence-electron chi connectivity index (χ3n) is 3.68. The fourth-order valence-corrected chi connectivity index (χ4v) is 2.95. The first-order valence-corrected chi connectivity index (χ1v) is 7.34. The van der Waals surface area contributed by atoms with Gasteiger partial charge in [0.25, 0.3) is 0 Å². The molecule has 1 aromatic rings. The van der Waals surface area contributed by atoms with Crippen LogP contribution in [0.25, 0.3) is 0 Å². The average molecular weight is 315 g/mol. The van der Waals surface area contributed by atoms with Gasteiger partial charge in [0.2, 0.25) is 0 Å². The van der Waals surface area contributed by atoms with Gasteiger partial charge in [-0.3, -0.25) is 4.90 Å². The topological polar surface area (TPSA) is 29.3 Å². The van der Waals surface area contributed by atoms with Crippen molar-refractivity contribution in [3.63, 3.8) is 0 Å². The van der Waals surface area contributed by atoms with Crippen LogP contribution >= 0.6 is 15.9 Å². The van der Waals surface area contributed by atoms with Gasteiger partial charge in [0.1, 0.15) is 5.82 Å². The first-order chi connectivity index (χ1) is 8.69. The lowest BCUT2D eigenvalue weighted by molar-refractivity contribution is 0.173. The van der Waals surface area contributed by atoms with Crippen molar-refractivity contribution < 1.29 is 4.39 Å². The molecule has 1 saturated heterocycles. The van der Waals surface area contributed by atoms with Gasteiger partial charge >= 0.3 is 0 Å². The van der Waals surface area contributed by atoms with Crippen molar-refractivity contribution in [1.29, 1.82) is 0 Å². The maximum atomic E-state index is 13.2. The Morgan fingerprint density at radius 3 is 2.72 bits per heavy atom. The standard InChI is InChI=1S/C14H20BrFN2/c15-14-2-1-13(16)9-12(14)10-18-7-4-11(3-6-17)5-8-18/h1-2,9,11H,3-8,10,17H2. The summed E-state index contributed by atoms with van der Waals surface area (Å²) in [7, 11) is 0. The summed E-state index contributed by atoms with van der Waals surface area (Å²) in [6.07, 6.45) is 3.56. The average Bonchev–Trinajstić information content (AvgIpc) is 2.37. The number of likely N-dealkylation sites (tertiary alicyclic amines) is 1. The molecule has 100 valence electrons. The molecule has 1 heterocycles. The Morgan fingerprint density at radius 1 is 1.33 bits per heavy atom. The summed E-state index contributed by atoms with van der Waals surface area (Å²) in [6.45, 7) is 3.80. The number of benzene rings is 1. The number of hydrogen-bond donors (Lipinski definition) is 1. The van der Waals surface area contributed by atoms with Crippen LogP contribution in [-0.4, -0.2) is 24.5 Å². The zero-order valence-electron chi connectivity index (χ0n) is 10.5. The van der Waals surface area contributed by atoms with E-state index in [2.05, 4.69) is 20.8 Å². The minimum atomic E-state index is -0.161. The van der Waals surface area contributed by atoms with Crippen molar-refractivity contribution in [2.45, 2.75) is 25.8 Å². The number of halogens is 2. The van der Waals surface area contributed by atoms with E-state index in [4.69, 9.17) is 5.73 Å². The van der Waals surface area contributed by atoms with E-state index in [1.807, 2.05) is 0 Å². The molecule has 0 radical (unpaired) electrons. The Morgan fingerprint density at radius 2 is 2.06 bits per heavy atom. The number of piperidine rings is 1. The first-order valence-electron chi connectivity index (χ1n) is 6.55. The molecule has 0 amide bonds. The van der Waals surface area contributed by atoms with E-state index in [1.54, 1.807) is 12.1 Å². The molecular formula is C14H20BrFN2. The van der Waals surface area contributed by atoms with E-state index in [0.717, 1.165) is 48.6 Å². The molecule has 0 unspecified atom stereocenters. The Kier molecular flexibility index (Phi) is 5.15. The normalized spacial score (nSPS) is 18.2. The zero-order chi connectivity index (χ0) is 13.0. The summed E-state index contributed by atoms with van der Waals surface area (Å²) < 4.78 is 14.2. The van der Waals surface area contributed by atoms with Crippen molar-refractivity contribution in [1.82, 2.24) is 4.90 Å². The highest BCUT2D eigenvalue weighted by molar-refractivity contribution is 9.10. The van der Waals surface area contributed by atoms with E-state index < -0.39 is 0 Å². The van der Waals surface area contributed by atoms with Crippen LogP contribution in [0.1, 0.15) is 24.8 Å². The summed E-state index contributed by atoms with van der Waals surface area (Å²) in [5.74, 6) is 0.619. The van der Waals surface area contributed by atoms with Gasteiger partial charge in [0.15, 0.2) is 0 Å². The minimum Gasteiger partial charge on any atom is -0.330 e. The summed E-state index contributed by atoms with van der Waals surface area (Å²) in [6, 6.07) is 4.89. The largest absolute Gasteiger partial charge is 0.330 e. The summed E-state index contributed by atoms with van der Waals surface area (Å²) in [5.41, 5.74) is 6.63. The predicted molar refractivity (Wildman–Crippen MR) is 75.8 cm³/mol. The number of nitrogens with two attached hydrogens (primary N) is 1. The molecule has 4 heteroatoms. The lowest BCUT2D eigenvalue weighted by atomic mass is 9.93. The summed E-state index contributed by atoms with van der Waals surface area (Å²) >= 11 is 3.48. The first kappa shape index (κ1) is 14.0. The van der Waals surface area contributed by atoms with E-state index in [9.17, 15) is 4.39 Å². The molecule has 1 fully saturated rings. The van der Waals surface area contributed by atoms with Crippen molar-refractivity contribution in [2.24, 2.45) is 11.7 Å². The van der Waals surface area contributed by atoms with Crippen molar-refractivity contribution in [2.75, 3.05) is 19.6 Å². The van der Waals surface area contributed by atoms with Gasteiger partial charge in [-0.2, -0.15) is 0 Å². The molecule has 0 aliphatic carbocycles. The number of nitrogens with zero attached hydrogens (tertiary/aromatic N) is 1. The van der Waals surface area contributed by atoms with Gasteiger partial charge in [-0.1, -0.05) is 15.9 Å². The Bertz CT molecular complexity index is 389. The maximum absolute atomic E-state index is 13.2. The van der Waals surface area contributed by atoms with Crippen LogP contribution in [-0.2, 0) is 6.54 Å². The highest BCUT2D eigenvalue weighted by Gasteiger charge is 2.19. The Balaban J connectivity index is 1.89. The summed E-state index contributed by atoms with van der Waals surface area (Å²) in [5, 5.41) is 0. The van der Waals surface area contributed by atoms with Crippen molar-refractivity contribution in [3.05, 3.63) is 34.1 Å². The second-order valence-corrected chi connectivity index (χ2v) is 5.89. The Hall–Kier alpha value is -0.450. The highest BCUT2D eigenvalue weighted by Crippen LogP contribution is 2.24. The number of rotatable bonds is 4. The molecule has 0 spiro atoms. The number of hydrogen-bond acceptors (Lipinski definition) is 2. The van der Waals surface area contributed by atoms with Crippen molar-refractivity contribution in [3.8, 4) is 0 Å². The van der Waals surface area contributed by atoms with Gasteiger partial charge in [0.05, 0.1) is 0 Å². The molecule has 0 aromatic heterocycles. The molecule has 1 aliphatic heterocycles. The second kappa shape index (κ2) is 6.64. The quantitative estimate of drug-likeness (QED) is 0.925. The smallest absolute Gasteiger partial charge is 0.123 e. The summed E-state index contributed by atoms with van der Waals surface area (Å²) in [4.78, 5) is 2.40. The molecule has 2 N–H and O–H groups in total. The maximum Gasteiger partial charge on any atom is 0.123 e. The third-order valence-corrected chi connectivity index (χ3v) is 4.46. The molecule has 1 aromatic carbocycles. The minimum absolute atomic E-state index is 0.161. The van der Waals surface area contributed by atoms with Crippen LogP contribution in [0, 0.1) is 11.7 Å². The van der Waals surface area contributed by atoms with Crippen LogP contribution in [0.3, 0.4) is 0 Å². The second-order valence-electron chi connectivity index (χ2n) is 5.03. The van der Waals surface area contributed by atoms with Gasteiger partial charge in [-0.25, -0.2) is 4.39 Å². The monoisotopic (exact) mass is 314 g/mol. The zero-order valence-corrected chi connectivity index (χ0v) is 12.1. The predicted octanol–water partition coefficient (Wildman–Crippen LogP) is 3.15. The van der Waals surface area contributed by atoms with Gasteiger partial charge in [-0.15, -0.1) is 0 Å². The van der Waals surface area contributed by atoms with Crippen LogP contribution in [0.4, 0.5) is 4.39 Å². The van der Waals surface area contributed by atoms with Crippen LogP contribution in [0.2, 0.25) is 0 Å². The van der Waals surface area contributed by atoms with E-state index >= 15 is 0 Å². The van der Waals surface area contributed by atoms with E-state index in [1.165, 1.54) is 18.9 Å². The lowest BCUT2D eigenvalue weighted by Gasteiger charge is -2.32. The van der Waals surface area contributed by atoms with E-state index in [0.29, 0.717) is 0 Å².